The molecule has 1 aromatic carbocycles. The van der Waals surface area contributed by atoms with E-state index in [-0.39, 0.29) is 18.3 Å². The standard InChI is InChI=1S/C16H24N2O2.ClH/c1-13-7-3-4-8-14(13)20-12-11-18(2)15(19)16(17)9-5-6-10-16;/h3-4,7-8H,5-6,9-12,17H2,1-2H3;1H. The van der Waals surface area contributed by atoms with Crippen LogP contribution in [0.25, 0.3) is 0 Å². The highest BCUT2D eigenvalue weighted by Crippen LogP contribution is 2.28. The minimum absolute atomic E-state index is 0. The van der Waals surface area contributed by atoms with E-state index in [1.165, 1.54) is 0 Å². The largest absolute Gasteiger partial charge is 0.491 e. The lowest BCUT2D eigenvalue weighted by Crippen LogP contribution is -2.53. The van der Waals surface area contributed by atoms with Crippen molar-refractivity contribution in [2.24, 2.45) is 5.73 Å². The Morgan fingerprint density at radius 2 is 1.95 bits per heavy atom. The number of benzene rings is 1. The summed E-state index contributed by atoms with van der Waals surface area (Å²) < 4.78 is 5.72. The number of ether oxygens (including phenoxy) is 1. The molecule has 2 N–H and O–H groups in total. The van der Waals surface area contributed by atoms with Gasteiger partial charge >= 0.3 is 0 Å². The Balaban J connectivity index is 0.00000220. The van der Waals surface area contributed by atoms with Gasteiger partial charge in [-0.05, 0) is 31.4 Å². The van der Waals surface area contributed by atoms with Gasteiger partial charge in [0, 0.05) is 7.05 Å². The van der Waals surface area contributed by atoms with E-state index in [9.17, 15) is 4.79 Å². The van der Waals surface area contributed by atoms with Gasteiger partial charge in [-0.25, -0.2) is 0 Å². The van der Waals surface area contributed by atoms with Crippen LogP contribution in [0.4, 0.5) is 0 Å². The number of nitrogens with two attached hydrogens (primary N) is 1. The maximum atomic E-state index is 12.3. The molecule has 1 saturated carbocycles. The number of nitrogens with zero attached hydrogens (tertiary/aromatic N) is 1. The predicted molar refractivity (Wildman–Crippen MR) is 86.9 cm³/mol. The zero-order chi connectivity index (χ0) is 14.6. The number of para-hydroxylation sites is 1. The Bertz CT molecular complexity index is 473. The van der Waals surface area contributed by atoms with E-state index in [0.717, 1.165) is 37.0 Å². The van der Waals surface area contributed by atoms with Gasteiger partial charge < -0.3 is 15.4 Å². The maximum absolute atomic E-state index is 12.3. The van der Waals surface area contributed by atoms with E-state index < -0.39 is 5.54 Å². The molecule has 2 rings (SSSR count). The normalized spacial score (nSPS) is 16.1. The fourth-order valence-corrected chi connectivity index (χ4v) is 2.71. The van der Waals surface area contributed by atoms with Gasteiger partial charge in [-0.3, -0.25) is 4.79 Å². The molecule has 0 aromatic heterocycles. The summed E-state index contributed by atoms with van der Waals surface area (Å²) in [5.74, 6) is 0.917. The van der Waals surface area contributed by atoms with Crippen molar-refractivity contribution in [3.05, 3.63) is 29.8 Å². The fraction of sp³-hybridized carbons (Fsp3) is 0.562. The van der Waals surface area contributed by atoms with Crippen LogP contribution < -0.4 is 10.5 Å². The maximum Gasteiger partial charge on any atom is 0.242 e. The number of halogens is 1. The topological polar surface area (TPSA) is 55.6 Å². The second kappa shape index (κ2) is 7.66. The number of aryl methyl sites for hydroxylation is 1. The summed E-state index contributed by atoms with van der Waals surface area (Å²) in [6.07, 6.45) is 3.70. The highest BCUT2D eigenvalue weighted by atomic mass is 35.5. The van der Waals surface area contributed by atoms with Crippen LogP contribution in [0.3, 0.4) is 0 Å². The van der Waals surface area contributed by atoms with Gasteiger partial charge in [0.2, 0.25) is 5.91 Å². The zero-order valence-corrected chi connectivity index (χ0v) is 13.6. The molecule has 4 nitrogen and oxygen atoms in total. The molecule has 1 aromatic rings. The molecule has 0 radical (unpaired) electrons. The summed E-state index contributed by atoms with van der Waals surface area (Å²) in [5.41, 5.74) is 6.64. The molecule has 5 heteroatoms. The molecule has 118 valence electrons. The lowest BCUT2D eigenvalue weighted by atomic mass is 9.97. The second-order valence-corrected chi connectivity index (χ2v) is 5.70. The molecular formula is C16H25ClN2O2. The summed E-state index contributed by atoms with van der Waals surface area (Å²) in [6.45, 7) is 3.06. The van der Waals surface area contributed by atoms with Crippen LogP contribution in [0.1, 0.15) is 31.2 Å². The summed E-state index contributed by atoms with van der Waals surface area (Å²) in [7, 11) is 1.80. The van der Waals surface area contributed by atoms with Gasteiger partial charge in [0.05, 0.1) is 12.1 Å². The van der Waals surface area contributed by atoms with Gasteiger partial charge in [-0.15, -0.1) is 12.4 Å². The van der Waals surface area contributed by atoms with Crippen LogP contribution in [0.5, 0.6) is 5.75 Å². The molecule has 0 saturated heterocycles. The van der Waals surface area contributed by atoms with E-state index in [1.807, 2.05) is 31.2 Å². The van der Waals surface area contributed by atoms with E-state index >= 15 is 0 Å². The van der Waals surface area contributed by atoms with Crippen molar-refractivity contribution in [2.75, 3.05) is 20.2 Å². The number of hydrogen-bond donors (Lipinski definition) is 1. The minimum atomic E-state index is -0.641. The number of carbonyl (C=O) groups is 1. The van der Waals surface area contributed by atoms with E-state index in [1.54, 1.807) is 11.9 Å². The number of amides is 1. The van der Waals surface area contributed by atoms with Crippen LogP contribution >= 0.6 is 12.4 Å². The summed E-state index contributed by atoms with van der Waals surface area (Å²) in [4.78, 5) is 14.0. The minimum Gasteiger partial charge on any atom is -0.491 e. The number of hydrogen-bond acceptors (Lipinski definition) is 3. The first kappa shape index (κ1) is 17.8. The molecule has 1 amide bonds. The van der Waals surface area contributed by atoms with Crippen LogP contribution in [-0.2, 0) is 4.79 Å². The average Bonchev–Trinajstić information content (AvgIpc) is 2.88. The second-order valence-electron chi connectivity index (χ2n) is 5.70. The highest BCUT2D eigenvalue weighted by Gasteiger charge is 2.38. The Labute approximate surface area is 133 Å². The Kier molecular flexibility index (Phi) is 6.49. The molecule has 21 heavy (non-hydrogen) atoms. The summed E-state index contributed by atoms with van der Waals surface area (Å²) in [5, 5.41) is 0. The first-order chi connectivity index (χ1) is 9.53. The van der Waals surface area contributed by atoms with Crippen molar-refractivity contribution < 1.29 is 9.53 Å². The quantitative estimate of drug-likeness (QED) is 0.909. The van der Waals surface area contributed by atoms with Crippen LogP contribution in [-0.4, -0.2) is 36.5 Å². The summed E-state index contributed by atoms with van der Waals surface area (Å²) in [6, 6.07) is 7.89. The lowest BCUT2D eigenvalue weighted by Gasteiger charge is -2.28. The van der Waals surface area contributed by atoms with E-state index in [0.29, 0.717) is 13.2 Å². The summed E-state index contributed by atoms with van der Waals surface area (Å²) >= 11 is 0. The van der Waals surface area contributed by atoms with Crippen LogP contribution in [0, 0.1) is 6.92 Å². The SMILES string of the molecule is Cc1ccccc1OCCN(C)C(=O)C1(N)CCCC1.Cl. The predicted octanol–water partition coefficient (Wildman–Crippen LogP) is 2.53. The third-order valence-electron chi connectivity index (χ3n) is 4.05. The molecule has 1 fully saturated rings. The number of likely N-dealkylation sites (N-methyl/N-ethyl adjacent to an activating group) is 1. The lowest BCUT2D eigenvalue weighted by molar-refractivity contribution is -0.135. The third kappa shape index (κ3) is 4.35. The van der Waals surface area contributed by atoms with Crippen molar-refractivity contribution in [3.8, 4) is 5.75 Å². The smallest absolute Gasteiger partial charge is 0.242 e. The van der Waals surface area contributed by atoms with Crippen LogP contribution in [0.2, 0.25) is 0 Å². The monoisotopic (exact) mass is 312 g/mol. The molecule has 1 aliphatic carbocycles. The zero-order valence-electron chi connectivity index (χ0n) is 12.8. The average molecular weight is 313 g/mol. The molecule has 0 heterocycles. The Morgan fingerprint density at radius 3 is 2.57 bits per heavy atom. The van der Waals surface area contributed by atoms with E-state index in [4.69, 9.17) is 10.5 Å². The molecule has 1 aliphatic rings. The van der Waals surface area contributed by atoms with Gasteiger partial charge in [-0.1, -0.05) is 31.0 Å². The number of rotatable bonds is 5. The fourth-order valence-electron chi connectivity index (χ4n) is 2.71. The van der Waals surface area contributed by atoms with Gasteiger partial charge in [0.25, 0.3) is 0 Å². The van der Waals surface area contributed by atoms with Crippen LogP contribution in [0.15, 0.2) is 24.3 Å². The van der Waals surface area contributed by atoms with Crippen molar-refractivity contribution in [1.29, 1.82) is 0 Å². The van der Waals surface area contributed by atoms with E-state index in [2.05, 4.69) is 0 Å². The third-order valence-corrected chi connectivity index (χ3v) is 4.05. The van der Waals surface area contributed by atoms with Gasteiger partial charge in [-0.2, -0.15) is 0 Å². The Hall–Kier alpha value is -1.26. The van der Waals surface area contributed by atoms with Crippen molar-refractivity contribution in [3.63, 3.8) is 0 Å². The first-order valence-electron chi connectivity index (χ1n) is 7.26. The molecule has 0 aliphatic heterocycles. The first-order valence-corrected chi connectivity index (χ1v) is 7.26. The Morgan fingerprint density at radius 1 is 1.33 bits per heavy atom. The molecule has 0 spiro atoms. The molecular weight excluding hydrogens is 288 g/mol. The molecule has 0 unspecified atom stereocenters. The van der Waals surface area contributed by atoms with Crippen molar-refractivity contribution >= 4 is 18.3 Å². The van der Waals surface area contributed by atoms with Crippen molar-refractivity contribution in [2.45, 2.75) is 38.1 Å². The van der Waals surface area contributed by atoms with Gasteiger partial charge in [0.1, 0.15) is 12.4 Å². The highest BCUT2D eigenvalue weighted by molar-refractivity contribution is 5.86. The molecule has 0 bridgehead atoms. The molecule has 0 atom stereocenters. The van der Waals surface area contributed by atoms with Gasteiger partial charge in [0.15, 0.2) is 0 Å². The van der Waals surface area contributed by atoms with Crippen molar-refractivity contribution in [1.82, 2.24) is 4.90 Å². The number of carbonyl (C=O) groups excluding carboxylic acids is 1.